The maximum Gasteiger partial charge on any atom is 0.245 e. The summed E-state index contributed by atoms with van der Waals surface area (Å²) in [5.74, 6) is -2.06. The third kappa shape index (κ3) is 5.10. The molecule has 3 aromatic rings. The van der Waals surface area contributed by atoms with Crippen LogP contribution < -0.4 is 5.32 Å². The Morgan fingerprint density at radius 2 is 1.88 bits per heavy atom. The van der Waals surface area contributed by atoms with E-state index in [2.05, 4.69) is 10.3 Å². The summed E-state index contributed by atoms with van der Waals surface area (Å²) in [4.78, 5) is 17.4. The predicted molar refractivity (Wildman–Crippen MR) is 120 cm³/mol. The molecule has 1 N–H and O–H groups in total. The van der Waals surface area contributed by atoms with Gasteiger partial charge in [0, 0.05) is 43.3 Å². The molecule has 11 heteroatoms. The van der Waals surface area contributed by atoms with Crippen molar-refractivity contribution in [3.8, 4) is 0 Å². The number of carbonyl (C=O) groups is 1. The summed E-state index contributed by atoms with van der Waals surface area (Å²) in [6, 6.07) is 9.37. The van der Waals surface area contributed by atoms with E-state index in [0.717, 1.165) is 6.07 Å². The Morgan fingerprint density at radius 1 is 1.15 bits per heavy atom. The van der Waals surface area contributed by atoms with Gasteiger partial charge < -0.3 is 9.88 Å². The number of rotatable bonds is 6. The molecule has 174 valence electrons. The monoisotopic (exact) mass is 492 g/mol. The van der Waals surface area contributed by atoms with Crippen molar-refractivity contribution in [1.82, 2.24) is 13.9 Å². The fourth-order valence-corrected chi connectivity index (χ4v) is 6.03. The summed E-state index contributed by atoms with van der Waals surface area (Å²) < 4.78 is 56.4. The summed E-state index contributed by atoms with van der Waals surface area (Å²) in [5.41, 5.74) is 0.328. The Hall–Kier alpha value is -2.76. The van der Waals surface area contributed by atoms with Crippen LogP contribution in [0.2, 0.25) is 0 Å². The van der Waals surface area contributed by atoms with Crippen molar-refractivity contribution in [2.75, 3.05) is 18.4 Å². The molecule has 0 bridgehead atoms. The van der Waals surface area contributed by atoms with Gasteiger partial charge in [-0.3, -0.25) is 4.79 Å². The molecule has 1 amide bonds. The quantitative estimate of drug-likeness (QED) is 0.565. The molecule has 1 fully saturated rings. The van der Waals surface area contributed by atoms with Gasteiger partial charge >= 0.3 is 0 Å². The minimum atomic E-state index is -3.98. The third-order valence-corrected chi connectivity index (χ3v) is 8.54. The second-order valence-electron chi connectivity index (χ2n) is 7.66. The first kappa shape index (κ1) is 23.4. The molecule has 0 atom stereocenters. The van der Waals surface area contributed by atoms with Crippen LogP contribution in [0.15, 0.2) is 69.8 Å². The molecule has 0 aliphatic carbocycles. The molecule has 0 spiro atoms. The van der Waals surface area contributed by atoms with E-state index in [1.165, 1.54) is 46.4 Å². The van der Waals surface area contributed by atoms with Gasteiger partial charge in [-0.05, 0) is 54.9 Å². The number of benzene rings is 2. The van der Waals surface area contributed by atoms with Crippen molar-refractivity contribution < 1.29 is 22.0 Å². The number of halogens is 2. The Kier molecular flexibility index (Phi) is 6.82. The molecular formula is C22H22F2N4O3S2. The molecule has 2 aromatic carbocycles. The second kappa shape index (κ2) is 9.62. The van der Waals surface area contributed by atoms with Gasteiger partial charge in [-0.15, -0.1) is 0 Å². The number of hydrogen-bond acceptors (Lipinski definition) is 5. The summed E-state index contributed by atoms with van der Waals surface area (Å²) in [6.07, 6.45) is 3.98. The van der Waals surface area contributed by atoms with E-state index in [0.29, 0.717) is 15.7 Å². The van der Waals surface area contributed by atoms with E-state index in [-0.39, 0.29) is 36.7 Å². The average molecular weight is 493 g/mol. The van der Waals surface area contributed by atoms with E-state index >= 15 is 0 Å². The molecule has 0 radical (unpaired) electrons. The van der Waals surface area contributed by atoms with Crippen LogP contribution in [0.25, 0.3) is 0 Å². The van der Waals surface area contributed by atoms with Crippen LogP contribution in [0, 0.1) is 17.6 Å². The van der Waals surface area contributed by atoms with Gasteiger partial charge in [0.25, 0.3) is 0 Å². The highest BCUT2D eigenvalue weighted by Crippen LogP contribution is 2.34. The molecule has 1 aliphatic rings. The fourth-order valence-electron chi connectivity index (χ4n) is 3.62. The van der Waals surface area contributed by atoms with Crippen LogP contribution in [-0.2, 0) is 21.9 Å². The minimum Gasteiger partial charge on any atom is -0.329 e. The number of aromatic nitrogens is 2. The van der Waals surface area contributed by atoms with Gasteiger partial charge in [-0.2, -0.15) is 4.31 Å². The molecule has 33 heavy (non-hydrogen) atoms. The zero-order valence-corrected chi connectivity index (χ0v) is 19.4. The van der Waals surface area contributed by atoms with E-state index < -0.39 is 27.6 Å². The van der Waals surface area contributed by atoms with Crippen molar-refractivity contribution >= 4 is 33.4 Å². The molecule has 1 aromatic heterocycles. The largest absolute Gasteiger partial charge is 0.329 e. The van der Waals surface area contributed by atoms with E-state index in [1.807, 2.05) is 11.6 Å². The van der Waals surface area contributed by atoms with Crippen molar-refractivity contribution in [1.29, 1.82) is 0 Å². The van der Waals surface area contributed by atoms with Crippen molar-refractivity contribution in [2.45, 2.75) is 27.8 Å². The van der Waals surface area contributed by atoms with Crippen LogP contribution in [-0.4, -0.2) is 41.3 Å². The van der Waals surface area contributed by atoms with E-state index in [4.69, 9.17) is 0 Å². The lowest BCUT2D eigenvalue weighted by atomic mass is 9.97. The van der Waals surface area contributed by atoms with Crippen LogP contribution in [0.5, 0.6) is 0 Å². The summed E-state index contributed by atoms with van der Waals surface area (Å²) in [7, 11) is -2.15. The van der Waals surface area contributed by atoms with Gasteiger partial charge in [0.1, 0.15) is 16.5 Å². The Bertz CT molecular complexity index is 1270. The zero-order chi connectivity index (χ0) is 23.6. The Labute approximate surface area is 194 Å². The number of aryl methyl sites for hydroxylation is 1. The number of amides is 1. The predicted octanol–water partition coefficient (Wildman–Crippen LogP) is 3.89. The number of piperidine rings is 1. The zero-order valence-electron chi connectivity index (χ0n) is 17.7. The average Bonchev–Trinajstić information content (AvgIpc) is 3.20. The highest BCUT2D eigenvalue weighted by Gasteiger charge is 2.33. The first-order valence-electron chi connectivity index (χ1n) is 10.3. The van der Waals surface area contributed by atoms with Gasteiger partial charge in [-0.1, -0.05) is 12.1 Å². The van der Waals surface area contributed by atoms with Gasteiger partial charge in [0.15, 0.2) is 5.16 Å². The number of sulfonamides is 1. The Balaban J connectivity index is 1.43. The lowest BCUT2D eigenvalue weighted by Crippen LogP contribution is -2.41. The topological polar surface area (TPSA) is 84.3 Å². The highest BCUT2D eigenvalue weighted by atomic mass is 32.2. The number of carbonyl (C=O) groups excluding carboxylic acids is 1. The van der Waals surface area contributed by atoms with Crippen molar-refractivity contribution in [2.24, 2.45) is 13.0 Å². The first-order chi connectivity index (χ1) is 15.8. The van der Waals surface area contributed by atoms with Gasteiger partial charge in [0.05, 0.1) is 5.69 Å². The van der Waals surface area contributed by atoms with Gasteiger partial charge in [-0.25, -0.2) is 22.2 Å². The van der Waals surface area contributed by atoms with Crippen LogP contribution in [0.4, 0.5) is 14.5 Å². The number of anilines is 1. The van der Waals surface area contributed by atoms with Crippen LogP contribution in [0.1, 0.15) is 12.8 Å². The second-order valence-corrected chi connectivity index (χ2v) is 10.6. The number of nitrogens with one attached hydrogen (secondary N) is 1. The fraction of sp³-hybridized carbons (Fsp3) is 0.273. The van der Waals surface area contributed by atoms with Crippen LogP contribution in [0.3, 0.4) is 0 Å². The van der Waals surface area contributed by atoms with E-state index in [9.17, 15) is 22.0 Å². The van der Waals surface area contributed by atoms with Crippen LogP contribution >= 0.6 is 11.8 Å². The van der Waals surface area contributed by atoms with Crippen molar-refractivity contribution in [3.05, 3.63) is 66.5 Å². The molecule has 1 saturated heterocycles. The molecule has 1 aliphatic heterocycles. The SMILES string of the molecule is Cn1ccnc1Sc1ccc(F)cc1NC(=O)C1CCN(S(=O)(=O)c2ccccc2F)CC1. The lowest BCUT2D eigenvalue weighted by Gasteiger charge is -2.30. The molecule has 2 heterocycles. The van der Waals surface area contributed by atoms with Gasteiger partial charge in [0.2, 0.25) is 15.9 Å². The molecule has 0 unspecified atom stereocenters. The number of nitrogens with zero attached hydrogens (tertiary/aromatic N) is 3. The molecule has 7 nitrogen and oxygen atoms in total. The summed E-state index contributed by atoms with van der Waals surface area (Å²) >= 11 is 1.29. The lowest BCUT2D eigenvalue weighted by molar-refractivity contribution is -0.120. The Morgan fingerprint density at radius 3 is 2.55 bits per heavy atom. The number of hydrogen-bond donors (Lipinski definition) is 1. The summed E-state index contributed by atoms with van der Waals surface area (Å²) in [5, 5.41) is 3.47. The van der Waals surface area contributed by atoms with Crippen molar-refractivity contribution in [3.63, 3.8) is 0 Å². The molecule has 4 rings (SSSR count). The molecule has 0 saturated carbocycles. The normalized spacial score (nSPS) is 15.5. The highest BCUT2D eigenvalue weighted by molar-refractivity contribution is 7.99. The minimum absolute atomic E-state index is 0.0901. The summed E-state index contributed by atoms with van der Waals surface area (Å²) in [6.45, 7) is 0.180. The molecular weight excluding hydrogens is 470 g/mol. The maximum atomic E-state index is 14.0. The van der Waals surface area contributed by atoms with E-state index in [1.54, 1.807) is 18.5 Å². The number of imidazole rings is 1. The smallest absolute Gasteiger partial charge is 0.245 e. The third-order valence-electron chi connectivity index (χ3n) is 5.46. The maximum absolute atomic E-state index is 14.0. The first-order valence-corrected chi connectivity index (χ1v) is 12.5. The standard InChI is InChI=1S/C22H22F2N4O3S2/c1-27-13-10-25-22(27)32-19-7-6-16(23)14-18(19)26-21(29)15-8-11-28(12-9-15)33(30,31)20-5-3-2-4-17(20)24/h2-7,10,13-15H,8-9,11-12H2,1H3,(H,26,29).